The minimum Gasteiger partial charge on any atom is -0.103 e. The number of allylic oxidation sites excluding steroid dienone is 1. The fraction of sp³-hybridized carbons (Fsp3) is 0.800. The van der Waals surface area contributed by atoms with Crippen molar-refractivity contribution in [3.63, 3.8) is 0 Å². The molecule has 0 aliphatic carbocycles. The normalized spacial score (nSPS) is 13.0. The van der Waals surface area contributed by atoms with Gasteiger partial charge in [-0.05, 0) is 18.8 Å². The van der Waals surface area contributed by atoms with E-state index in [1.165, 1.54) is 32.1 Å². The largest absolute Gasteiger partial charge is 0.103 e. The van der Waals surface area contributed by atoms with Crippen LogP contribution in [0.1, 0.15) is 46.0 Å². The standard InChI is InChI=1S/C10H20/c1-4-6-7-8-9-10(3)5-2/h4,10H,1,5-9H2,2-3H3/t10-/m0/s1. The average molecular weight is 140 g/mol. The maximum absolute atomic E-state index is 3.70. The zero-order valence-electron chi connectivity index (χ0n) is 7.40. The minimum atomic E-state index is 0.921. The van der Waals surface area contributed by atoms with E-state index in [4.69, 9.17) is 0 Å². The van der Waals surface area contributed by atoms with E-state index in [-0.39, 0.29) is 0 Å². The highest BCUT2D eigenvalue weighted by Gasteiger charge is 1.96. The molecule has 1 atom stereocenters. The molecule has 0 bridgehead atoms. The molecule has 0 aromatic heterocycles. The molecule has 0 aliphatic rings. The molecule has 0 radical (unpaired) electrons. The number of unbranched alkanes of at least 4 members (excludes halogenated alkanes) is 2. The van der Waals surface area contributed by atoms with Crippen LogP contribution in [0.15, 0.2) is 12.7 Å². The summed E-state index contributed by atoms with van der Waals surface area (Å²) in [6, 6.07) is 0. The Bertz CT molecular complexity index is 74.1. The molecule has 0 aromatic rings. The van der Waals surface area contributed by atoms with Gasteiger partial charge in [-0.1, -0.05) is 39.2 Å². The van der Waals surface area contributed by atoms with Crippen molar-refractivity contribution in [2.45, 2.75) is 46.0 Å². The van der Waals surface area contributed by atoms with Gasteiger partial charge in [0.25, 0.3) is 0 Å². The molecule has 0 spiro atoms. The van der Waals surface area contributed by atoms with Crippen molar-refractivity contribution in [2.24, 2.45) is 5.92 Å². The molecule has 0 heterocycles. The molecule has 0 aliphatic heterocycles. The topological polar surface area (TPSA) is 0 Å². The van der Waals surface area contributed by atoms with Gasteiger partial charge in [-0.2, -0.15) is 0 Å². The Morgan fingerprint density at radius 2 is 2.10 bits per heavy atom. The van der Waals surface area contributed by atoms with Crippen molar-refractivity contribution < 1.29 is 0 Å². The lowest BCUT2D eigenvalue weighted by molar-refractivity contribution is 0.486. The smallest absolute Gasteiger partial charge is 0.0353 e. The fourth-order valence-corrected chi connectivity index (χ4v) is 0.986. The Morgan fingerprint density at radius 1 is 1.40 bits per heavy atom. The van der Waals surface area contributed by atoms with Gasteiger partial charge in [0, 0.05) is 0 Å². The van der Waals surface area contributed by atoms with Crippen molar-refractivity contribution in [1.29, 1.82) is 0 Å². The van der Waals surface area contributed by atoms with Crippen LogP contribution in [0.3, 0.4) is 0 Å². The summed E-state index contributed by atoms with van der Waals surface area (Å²) < 4.78 is 0. The number of hydrogen-bond acceptors (Lipinski definition) is 0. The van der Waals surface area contributed by atoms with Gasteiger partial charge < -0.3 is 0 Å². The third-order valence-corrected chi connectivity index (χ3v) is 2.05. The van der Waals surface area contributed by atoms with Gasteiger partial charge in [-0.3, -0.25) is 0 Å². The SMILES string of the molecule is C=CCCCC[C@@H](C)CC. The first-order chi connectivity index (χ1) is 4.81. The predicted octanol–water partition coefficient (Wildman–Crippen LogP) is 3.78. The van der Waals surface area contributed by atoms with Crippen LogP contribution in [-0.2, 0) is 0 Å². The summed E-state index contributed by atoms with van der Waals surface area (Å²) in [5.41, 5.74) is 0. The first-order valence-corrected chi connectivity index (χ1v) is 4.42. The molecule has 0 saturated heterocycles. The Labute approximate surface area is 65.3 Å². The quantitative estimate of drug-likeness (QED) is 0.389. The Hall–Kier alpha value is -0.260. The molecule has 10 heavy (non-hydrogen) atoms. The summed E-state index contributed by atoms with van der Waals surface area (Å²) in [5.74, 6) is 0.921. The van der Waals surface area contributed by atoms with E-state index in [1.54, 1.807) is 0 Å². The Morgan fingerprint density at radius 3 is 2.60 bits per heavy atom. The van der Waals surface area contributed by atoms with E-state index >= 15 is 0 Å². The summed E-state index contributed by atoms with van der Waals surface area (Å²) in [6.07, 6.45) is 8.63. The highest BCUT2D eigenvalue weighted by molar-refractivity contribution is 4.65. The van der Waals surface area contributed by atoms with Gasteiger partial charge in [0.1, 0.15) is 0 Å². The van der Waals surface area contributed by atoms with Crippen LogP contribution in [0.4, 0.5) is 0 Å². The third kappa shape index (κ3) is 5.87. The van der Waals surface area contributed by atoms with Gasteiger partial charge in [-0.15, -0.1) is 6.58 Å². The van der Waals surface area contributed by atoms with E-state index in [0.29, 0.717) is 0 Å². The van der Waals surface area contributed by atoms with Crippen LogP contribution in [0, 0.1) is 5.92 Å². The van der Waals surface area contributed by atoms with Crippen LogP contribution >= 0.6 is 0 Å². The molecule has 0 nitrogen and oxygen atoms in total. The van der Waals surface area contributed by atoms with Gasteiger partial charge >= 0.3 is 0 Å². The first-order valence-electron chi connectivity index (χ1n) is 4.42. The molecular weight excluding hydrogens is 120 g/mol. The minimum absolute atomic E-state index is 0.921. The number of hydrogen-bond donors (Lipinski definition) is 0. The lowest BCUT2D eigenvalue weighted by Gasteiger charge is -2.05. The van der Waals surface area contributed by atoms with E-state index < -0.39 is 0 Å². The summed E-state index contributed by atoms with van der Waals surface area (Å²) in [7, 11) is 0. The van der Waals surface area contributed by atoms with Crippen molar-refractivity contribution in [3.8, 4) is 0 Å². The van der Waals surface area contributed by atoms with Gasteiger partial charge in [0.2, 0.25) is 0 Å². The number of rotatable bonds is 6. The summed E-state index contributed by atoms with van der Waals surface area (Å²) in [6.45, 7) is 8.29. The van der Waals surface area contributed by atoms with Crippen LogP contribution in [-0.4, -0.2) is 0 Å². The second-order valence-electron chi connectivity index (χ2n) is 3.09. The van der Waals surface area contributed by atoms with Crippen LogP contribution in [0.2, 0.25) is 0 Å². The molecule has 0 fully saturated rings. The van der Waals surface area contributed by atoms with Crippen molar-refractivity contribution in [2.75, 3.05) is 0 Å². The van der Waals surface area contributed by atoms with Gasteiger partial charge in [0.15, 0.2) is 0 Å². The molecule has 0 rings (SSSR count). The van der Waals surface area contributed by atoms with Crippen LogP contribution in [0.5, 0.6) is 0 Å². The van der Waals surface area contributed by atoms with Crippen molar-refractivity contribution >= 4 is 0 Å². The summed E-state index contributed by atoms with van der Waals surface area (Å²) >= 11 is 0. The van der Waals surface area contributed by atoms with E-state index in [0.717, 1.165) is 5.92 Å². The van der Waals surface area contributed by atoms with E-state index in [9.17, 15) is 0 Å². The summed E-state index contributed by atoms with van der Waals surface area (Å²) in [4.78, 5) is 0. The van der Waals surface area contributed by atoms with Crippen molar-refractivity contribution in [1.82, 2.24) is 0 Å². The van der Waals surface area contributed by atoms with Gasteiger partial charge in [0.05, 0.1) is 0 Å². The van der Waals surface area contributed by atoms with E-state index in [1.807, 2.05) is 6.08 Å². The average Bonchev–Trinajstić information content (AvgIpc) is 1.98. The predicted molar refractivity (Wildman–Crippen MR) is 48.1 cm³/mol. The van der Waals surface area contributed by atoms with Crippen LogP contribution in [0.25, 0.3) is 0 Å². The Kier molecular flexibility index (Phi) is 6.68. The highest BCUT2D eigenvalue weighted by atomic mass is 14.0. The van der Waals surface area contributed by atoms with Crippen molar-refractivity contribution in [3.05, 3.63) is 12.7 Å². The van der Waals surface area contributed by atoms with Gasteiger partial charge in [-0.25, -0.2) is 0 Å². The monoisotopic (exact) mass is 140 g/mol. The second kappa shape index (κ2) is 6.85. The molecule has 0 N–H and O–H groups in total. The molecule has 0 aromatic carbocycles. The molecule has 0 amide bonds. The highest BCUT2D eigenvalue weighted by Crippen LogP contribution is 2.11. The van der Waals surface area contributed by atoms with E-state index in [2.05, 4.69) is 20.4 Å². The molecule has 60 valence electrons. The fourth-order valence-electron chi connectivity index (χ4n) is 0.986. The molecule has 0 saturated carbocycles. The maximum Gasteiger partial charge on any atom is -0.0353 e. The molecular formula is C10H20. The zero-order valence-corrected chi connectivity index (χ0v) is 7.40. The third-order valence-electron chi connectivity index (χ3n) is 2.05. The molecule has 0 heteroatoms. The van der Waals surface area contributed by atoms with Crippen LogP contribution < -0.4 is 0 Å². The Balaban J connectivity index is 2.95. The second-order valence-corrected chi connectivity index (χ2v) is 3.09. The summed E-state index contributed by atoms with van der Waals surface area (Å²) in [5, 5.41) is 0. The lowest BCUT2D eigenvalue weighted by Crippen LogP contribution is -1.90. The maximum atomic E-state index is 3.70. The first kappa shape index (κ1) is 9.74. The lowest BCUT2D eigenvalue weighted by atomic mass is 10.0. The molecule has 0 unspecified atom stereocenters. The zero-order chi connectivity index (χ0) is 7.82.